The van der Waals surface area contributed by atoms with Crippen LogP contribution in [0.2, 0.25) is 0 Å². The van der Waals surface area contributed by atoms with E-state index in [0.29, 0.717) is 27.8 Å². The van der Waals surface area contributed by atoms with E-state index in [9.17, 15) is 27.6 Å². The maximum atomic E-state index is 14.1. The predicted molar refractivity (Wildman–Crippen MR) is 173 cm³/mol. The van der Waals surface area contributed by atoms with Gasteiger partial charge in [0.25, 0.3) is 0 Å². The summed E-state index contributed by atoms with van der Waals surface area (Å²) in [6, 6.07) is 18.0. The van der Waals surface area contributed by atoms with E-state index in [1.54, 1.807) is 30.3 Å². The number of benzene rings is 3. The Labute approximate surface area is 272 Å². The Morgan fingerprint density at radius 3 is 2.51 bits per heavy atom. The van der Waals surface area contributed by atoms with Gasteiger partial charge in [0, 0.05) is 29.3 Å². The molecule has 5 rings (SSSR count). The summed E-state index contributed by atoms with van der Waals surface area (Å²) in [6.45, 7) is 5.99. The van der Waals surface area contributed by atoms with E-state index in [1.165, 1.54) is 65.4 Å². The molecule has 1 fully saturated rings. The summed E-state index contributed by atoms with van der Waals surface area (Å²) in [5.41, 5.74) is 3.29. The van der Waals surface area contributed by atoms with Crippen LogP contribution in [0.4, 0.5) is 28.0 Å². The van der Waals surface area contributed by atoms with Gasteiger partial charge in [0.2, 0.25) is 0 Å². The summed E-state index contributed by atoms with van der Waals surface area (Å²) < 4.78 is 56.7. The molecule has 9 nitrogen and oxygen atoms in total. The smallest absolute Gasteiger partial charge is 0.406 e. The van der Waals surface area contributed by atoms with Crippen molar-refractivity contribution in [1.82, 2.24) is 14.8 Å². The van der Waals surface area contributed by atoms with Gasteiger partial charge in [-0.3, -0.25) is 0 Å². The van der Waals surface area contributed by atoms with Gasteiger partial charge in [-0.2, -0.15) is 10.3 Å². The van der Waals surface area contributed by atoms with Crippen molar-refractivity contribution in [2.75, 3.05) is 10.7 Å². The molecule has 3 aromatic carbocycles. The van der Waals surface area contributed by atoms with Crippen molar-refractivity contribution < 1.29 is 27.1 Å². The molecule has 0 radical (unpaired) electrons. The third-order valence-electron chi connectivity index (χ3n) is 7.30. The third-order valence-corrected chi connectivity index (χ3v) is 8.29. The van der Waals surface area contributed by atoms with Gasteiger partial charge in [-0.25, -0.2) is 23.8 Å². The number of hydrogen-bond acceptors (Lipinski definition) is 6. The van der Waals surface area contributed by atoms with Crippen LogP contribution in [-0.2, 0) is 0 Å². The predicted octanol–water partition coefficient (Wildman–Crippen LogP) is 8.28. The van der Waals surface area contributed by atoms with E-state index in [2.05, 4.69) is 30.9 Å². The van der Waals surface area contributed by atoms with E-state index in [4.69, 9.17) is 0 Å². The molecular weight excluding hydrogens is 634 g/mol. The lowest BCUT2D eigenvalue weighted by Crippen LogP contribution is -2.42. The van der Waals surface area contributed by atoms with Crippen molar-refractivity contribution in [3.63, 3.8) is 0 Å². The van der Waals surface area contributed by atoms with Crippen molar-refractivity contribution in [3.05, 3.63) is 90.0 Å². The van der Waals surface area contributed by atoms with Gasteiger partial charge >= 0.3 is 12.4 Å². The number of amides is 2. The Morgan fingerprint density at radius 2 is 1.85 bits per heavy atom. The van der Waals surface area contributed by atoms with E-state index >= 15 is 0 Å². The van der Waals surface area contributed by atoms with Crippen LogP contribution < -0.4 is 9.64 Å². The number of alkyl halides is 3. The van der Waals surface area contributed by atoms with Crippen molar-refractivity contribution >= 4 is 34.9 Å². The van der Waals surface area contributed by atoms with E-state index in [1.807, 2.05) is 25.7 Å². The summed E-state index contributed by atoms with van der Waals surface area (Å²) in [7, 11) is 0. The number of carbonyl (C=O) groups excluding carboxylic acids is 1. The normalized spacial score (nSPS) is 16.9. The largest absolute Gasteiger partial charge is 0.573 e. The number of carbonyl (C=O) groups is 1. The number of halogens is 4. The number of anilines is 1. The fourth-order valence-corrected chi connectivity index (χ4v) is 6.15. The van der Waals surface area contributed by atoms with Crippen LogP contribution in [0.3, 0.4) is 0 Å². The number of aromatic nitrogens is 3. The zero-order valence-electron chi connectivity index (χ0n) is 25.5. The molecule has 4 aromatic rings. The van der Waals surface area contributed by atoms with Crippen molar-refractivity contribution in [2.24, 2.45) is 9.98 Å². The lowest BCUT2D eigenvalue weighted by molar-refractivity contribution is -0.274. The van der Waals surface area contributed by atoms with E-state index in [-0.39, 0.29) is 23.5 Å². The Kier molecular flexibility index (Phi) is 10.0. The van der Waals surface area contributed by atoms with E-state index in [0.717, 1.165) is 23.4 Å². The number of nitriles is 1. The van der Waals surface area contributed by atoms with Gasteiger partial charge in [0.05, 0.1) is 11.8 Å². The summed E-state index contributed by atoms with van der Waals surface area (Å²) >= 11 is 1.42. The lowest BCUT2D eigenvalue weighted by atomic mass is 9.99. The zero-order chi connectivity index (χ0) is 33.7. The summed E-state index contributed by atoms with van der Waals surface area (Å²) in [6.07, 6.45) is -1.26. The number of ether oxygens (including phenoxy) is 1. The summed E-state index contributed by atoms with van der Waals surface area (Å²) in [5, 5.41) is 14.7. The monoisotopic (exact) mass is 663 g/mol. The molecule has 0 N–H and O–H groups in total. The van der Waals surface area contributed by atoms with Crippen LogP contribution in [0, 0.1) is 17.1 Å². The first-order valence-electron chi connectivity index (χ1n) is 14.6. The molecule has 2 atom stereocenters. The molecule has 0 bridgehead atoms. The molecule has 242 valence electrons. The quantitative estimate of drug-likeness (QED) is 0.145. The Bertz CT molecular complexity index is 1830. The topological polar surface area (TPSA) is 109 Å². The molecule has 2 amide bonds. The minimum Gasteiger partial charge on any atom is -0.406 e. The first-order chi connectivity index (χ1) is 22.4. The van der Waals surface area contributed by atoms with Crippen LogP contribution >= 0.6 is 11.8 Å². The molecule has 2 heterocycles. The van der Waals surface area contributed by atoms with Crippen LogP contribution in [0.25, 0.3) is 17.1 Å². The van der Waals surface area contributed by atoms with Crippen molar-refractivity contribution in [1.29, 1.82) is 5.26 Å². The first-order valence-corrected chi connectivity index (χ1v) is 15.6. The number of aliphatic imine (C=N–C) groups is 2. The molecule has 2 unspecified atom stereocenters. The highest BCUT2D eigenvalue weighted by molar-refractivity contribution is 8.14. The average Bonchev–Trinajstić information content (AvgIpc) is 3.52. The average molecular weight is 664 g/mol. The minimum atomic E-state index is -4.78. The summed E-state index contributed by atoms with van der Waals surface area (Å²) in [4.78, 5) is 27.3. The lowest BCUT2D eigenvalue weighted by Gasteiger charge is -2.37. The third kappa shape index (κ3) is 8.23. The van der Waals surface area contributed by atoms with Gasteiger partial charge in [-0.1, -0.05) is 49.9 Å². The highest BCUT2D eigenvalue weighted by Gasteiger charge is 2.31. The van der Waals surface area contributed by atoms with Crippen LogP contribution in [0.1, 0.15) is 50.2 Å². The number of nitrogens with zero attached hydrogens (tertiary/aromatic N) is 7. The Balaban J connectivity index is 1.28. The van der Waals surface area contributed by atoms with E-state index < -0.39 is 18.3 Å². The number of rotatable bonds is 7. The van der Waals surface area contributed by atoms with Gasteiger partial charge in [-0.05, 0) is 72.9 Å². The highest BCUT2D eigenvalue weighted by atomic mass is 32.2. The number of thioether (sulfide) groups is 1. The molecule has 47 heavy (non-hydrogen) atoms. The summed E-state index contributed by atoms with van der Waals surface area (Å²) in [5.74, 6) is -0.360. The fourth-order valence-electron chi connectivity index (χ4n) is 4.94. The molecule has 0 saturated carbocycles. The number of hydrogen-bond donors (Lipinski definition) is 0. The van der Waals surface area contributed by atoms with Crippen LogP contribution in [0.15, 0.2) is 83.0 Å². The van der Waals surface area contributed by atoms with Gasteiger partial charge in [0.1, 0.15) is 23.8 Å². The fraction of sp³-hybridized carbons (Fsp3) is 0.273. The second kappa shape index (κ2) is 14.2. The van der Waals surface area contributed by atoms with Gasteiger partial charge < -0.3 is 9.64 Å². The standard InChI is InChI=1S/C33H29F4N7O2S/c1-20(2)28-16-25(34)8-13-29(28)44-21(3)14-15-47-32(44)41-31(45)39-18-24(17-38)22-4-6-23(7-5-22)30-40-19-43(42-30)26-9-11-27(12-10-26)46-33(35,36)37/h4-13,16,18-21,24H,14-15H2,1-3H3. The molecule has 0 spiro atoms. The second-order valence-electron chi connectivity index (χ2n) is 11.0. The van der Waals surface area contributed by atoms with Crippen molar-refractivity contribution in [2.45, 2.75) is 51.4 Å². The highest BCUT2D eigenvalue weighted by Crippen LogP contribution is 2.35. The van der Waals surface area contributed by atoms with Gasteiger partial charge in [-0.15, -0.1) is 18.3 Å². The molecule has 1 aliphatic rings. The first kappa shape index (κ1) is 33.3. The zero-order valence-corrected chi connectivity index (χ0v) is 26.3. The molecule has 1 aromatic heterocycles. The SMILES string of the molecule is CC(C)c1cc(F)ccc1N1C(=NC(=O)N=CC(C#N)c2ccc(-c3ncn(-c4ccc(OC(F)(F)F)cc4)n3)cc2)SCCC1C. The van der Waals surface area contributed by atoms with Crippen LogP contribution in [0.5, 0.6) is 5.75 Å². The Morgan fingerprint density at radius 1 is 1.13 bits per heavy atom. The van der Waals surface area contributed by atoms with Crippen LogP contribution in [-0.4, -0.2) is 50.3 Å². The molecule has 1 aliphatic heterocycles. The van der Waals surface area contributed by atoms with Crippen molar-refractivity contribution in [3.8, 4) is 28.9 Å². The molecular formula is C33H29F4N7O2S. The van der Waals surface area contributed by atoms with Gasteiger partial charge in [0.15, 0.2) is 11.0 Å². The number of amidine groups is 1. The maximum Gasteiger partial charge on any atom is 0.573 e. The Hall–Kier alpha value is -5.03. The minimum absolute atomic E-state index is 0.0272. The number of urea groups is 1. The second-order valence-corrected chi connectivity index (χ2v) is 12.0. The maximum absolute atomic E-state index is 14.1. The molecule has 0 aliphatic carbocycles. The molecule has 14 heteroatoms. The molecule has 1 saturated heterocycles.